The molecule has 1 saturated heterocycles. The number of hydroxylamine groups is 1. The first-order valence-electron chi connectivity index (χ1n) is 13.3. The second-order valence-electron chi connectivity index (χ2n) is 10.3. The number of hydrogen-bond donors (Lipinski definition) is 3. The number of rotatable bonds is 9. The van der Waals surface area contributed by atoms with Gasteiger partial charge in [0.15, 0.2) is 0 Å². The highest BCUT2D eigenvalue weighted by atomic mass is 19.4. The van der Waals surface area contributed by atoms with E-state index in [0.717, 1.165) is 57.8 Å². The van der Waals surface area contributed by atoms with E-state index in [1.54, 1.807) is 18.2 Å². The van der Waals surface area contributed by atoms with Gasteiger partial charge in [-0.1, -0.05) is 12.8 Å². The van der Waals surface area contributed by atoms with E-state index in [0.29, 0.717) is 17.0 Å². The van der Waals surface area contributed by atoms with Crippen LogP contribution in [0.2, 0.25) is 0 Å². The van der Waals surface area contributed by atoms with Crippen LogP contribution in [0.1, 0.15) is 60.1 Å². The Morgan fingerprint density at radius 3 is 2.56 bits per heavy atom. The minimum atomic E-state index is -4.58. The third kappa shape index (κ3) is 7.58. The quantitative estimate of drug-likeness (QED) is 0.397. The zero-order chi connectivity index (χ0) is 28.0. The molecule has 2 atom stereocenters. The average Bonchev–Trinajstić information content (AvgIpc) is 2.91. The Morgan fingerprint density at radius 2 is 1.87 bits per heavy atom. The monoisotopic (exact) mass is 550 g/mol. The highest BCUT2D eigenvalue weighted by Gasteiger charge is 2.37. The Labute approximate surface area is 226 Å². The predicted octanol–water partition coefficient (Wildman–Crippen LogP) is 4.32. The second-order valence-corrected chi connectivity index (χ2v) is 10.3. The molecule has 0 radical (unpaired) electrons. The van der Waals surface area contributed by atoms with E-state index in [2.05, 4.69) is 38.0 Å². The topological polar surface area (TPSA) is 101 Å². The molecule has 2 aliphatic rings. The molecular formula is C27H37F3N6O3. The summed E-state index contributed by atoms with van der Waals surface area (Å²) < 4.78 is 47.0. The summed E-state index contributed by atoms with van der Waals surface area (Å²) in [5, 5.41) is 6.04. The van der Waals surface area contributed by atoms with Gasteiger partial charge in [-0.2, -0.15) is 18.7 Å². The number of methoxy groups -OCH3 is 1. The summed E-state index contributed by atoms with van der Waals surface area (Å²) in [4.78, 5) is 28.4. The molecule has 1 amide bonds. The number of halogens is 3. The van der Waals surface area contributed by atoms with Crippen molar-refractivity contribution >= 4 is 17.5 Å². The Bertz CT molecular complexity index is 1120. The Balaban J connectivity index is 1.52. The van der Waals surface area contributed by atoms with Gasteiger partial charge in [-0.05, 0) is 76.4 Å². The number of anilines is 2. The lowest BCUT2D eigenvalue weighted by Crippen LogP contribution is -2.43. The average molecular weight is 551 g/mol. The number of piperidine rings is 1. The van der Waals surface area contributed by atoms with Crippen LogP contribution in [0.5, 0.6) is 5.75 Å². The first-order valence-corrected chi connectivity index (χ1v) is 13.3. The van der Waals surface area contributed by atoms with E-state index < -0.39 is 11.7 Å². The molecule has 39 heavy (non-hydrogen) atoms. The summed E-state index contributed by atoms with van der Waals surface area (Å²) in [5.74, 6) is 0.119. The van der Waals surface area contributed by atoms with Gasteiger partial charge in [0.25, 0.3) is 5.91 Å². The van der Waals surface area contributed by atoms with Gasteiger partial charge < -0.3 is 25.1 Å². The van der Waals surface area contributed by atoms with Crippen molar-refractivity contribution in [3.05, 3.63) is 41.2 Å². The van der Waals surface area contributed by atoms with Crippen LogP contribution in [0.15, 0.2) is 24.4 Å². The molecule has 0 spiro atoms. The molecule has 9 nitrogen and oxygen atoms in total. The third-order valence-electron chi connectivity index (χ3n) is 7.57. The van der Waals surface area contributed by atoms with E-state index in [1.165, 1.54) is 14.2 Å². The fourth-order valence-corrected chi connectivity index (χ4v) is 5.35. The molecule has 1 aromatic carbocycles. The van der Waals surface area contributed by atoms with E-state index in [-0.39, 0.29) is 42.0 Å². The van der Waals surface area contributed by atoms with Gasteiger partial charge in [0.2, 0.25) is 5.95 Å². The van der Waals surface area contributed by atoms with Crippen LogP contribution in [0.4, 0.5) is 24.8 Å². The minimum Gasteiger partial charge on any atom is -0.495 e. The first kappa shape index (κ1) is 29.0. The zero-order valence-electron chi connectivity index (χ0n) is 22.6. The van der Waals surface area contributed by atoms with Crippen LogP contribution in [0.3, 0.4) is 0 Å². The van der Waals surface area contributed by atoms with Crippen LogP contribution in [-0.4, -0.2) is 67.2 Å². The maximum Gasteiger partial charge on any atom is 0.419 e. The normalized spacial score (nSPS) is 21.0. The lowest BCUT2D eigenvalue weighted by atomic mass is 9.81. The van der Waals surface area contributed by atoms with Crippen molar-refractivity contribution in [1.82, 2.24) is 25.7 Å². The summed E-state index contributed by atoms with van der Waals surface area (Å²) in [6.07, 6.45) is 1.69. The minimum absolute atomic E-state index is 0.0203. The third-order valence-corrected chi connectivity index (χ3v) is 7.57. The van der Waals surface area contributed by atoms with E-state index in [9.17, 15) is 18.0 Å². The van der Waals surface area contributed by atoms with Gasteiger partial charge in [0.1, 0.15) is 5.75 Å². The number of benzene rings is 1. The maximum absolute atomic E-state index is 13.8. The molecule has 1 aromatic heterocycles. The molecular weight excluding hydrogens is 513 g/mol. The fraction of sp³-hybridized carbons (Fsp3) is 0.593. The summed E-state index contributed by atoms with van der Waals surface area (Å²) in [5.41, 5.74) is 2.89. The van der Waals surface area contributed by atoms with Gasteiger partial charge in [-0.25, -0.2) is 9.97 Å². The number of nitrogens with zero attached hydrogens (tertiary/aromatic N) is 3. The number of nitrogens with one attached hydrogen (secondary N) is 3. The number of amides is 1. The summed E-state index contributed by atoms with van der Waals surface area (Å²) in [6.45, 7) is 1.85. The number of alkyl halides is 3. The van der Waals surface area contributed by atoms with Gasteiger partial charge in [-0.15, -0.1) is 0 Å². The van der Waals surface area contributed by atoms with Gasteiger partial charge >= 0.3 is 6.18 Å². The fourth-order valence-electron chi connectivity index (χ4n) is 5.35. The van der Waals surface area contributed by atoms with Gasteiger partial charge in [0.05, 0.1) is 31.2 Å². The van der Waals surface area contributed by atoms with E-state index in [1.807, 2.05) is 0 Å². The SMILES string of the molecule is CON[C@@H]1CCCC[C@H]1Cc1nc(Nc2ccc(C(=O)NC3CCN(C)CC3)cc2OC)ncc1C(F)(F)F. The molecule has 0 unspecified atom stereocenters. The summed E-state index contributed by atoms with van der Waals surface area (Å²) in [7, 11) is 5.03. The molecule has 1 aliphatic heterocycles. The molecule has 12 heteroatoms. The van der Waals surface area contributed by atoms with Crippen LogP contribution < -0.4 is 20.9 Å². The van der Waals surface area contributed by atoms with Crippen molar-refractivity contribution in [3.8, 4) is 5.75 Å². The lowest BCUT2D eigenvalue weighted by Gasteiger charge is -2.31. The van der Waals surface area contributed by atoms with Crippen LogP contribution in [0, 0.1) is 5.92 Å². The number of likely N-dealkylation sites (tertiary alicyclic amines) is 1. The largest absolute Gasteiger partial charge is 0.495 e. The number of carbonyl (C=O) groups excluding carboxylic acids is 1. The van der Waals surface area contributed by atoms with Crippen molar-refractivity contribution < 1.29 is 27.5 Å². The highest BCUT2D eigenvalue weighted by Crippen LogP contribution is 2.36. The van der Waals surface area contributed by atoms with Gasteiger partial charge in [-0.3, -0.25) is 4.79 Å². The first-order chi connectivity index (χ1) is 18.7. The summed E-state index contributed by atoms with van der Waals surface area (Å²) in [6, 6.07) is 4.94. The zero-order valence-corrected chi connectivity index (χ0v) is 22.6. The molecule has 3 N–H and O–H groups in total. The Kier molecular flexibility index (Phi) is 9.62. The molecule has 2 heterocycles. The van der Waals surface area contributed by atoms with Crippen LogP contribution in [0.25, 0.3) is 0 Å². The summed E-state index contributed by atoms with van der Waals surface area (Å²) >= 11 is 0. The molecule has 214 valence electrons. The van der Waals surface area contributed by atoms with Gasteiger partial charge in [0, 0.05) is 23.8 Å². The lowest BCUT2D eigenvalue weighted by molar-refractivity contribution is -0.138. The van der Waals surface area contributed by atoms with Crippen molar-refractivity contribution in [1.29, 1.82) is 0 Å². The van der Waals surface area contributed by atoms with Crippen molar-refractivity contribution in [2.24, 2.45) is 5.92 Å². The Hall–Kier alpha value is -2.96. The van der Waals surface area contributed by atoms with Crippen LogP contribution >= 0.6 is 0 Å². The molecule has 4 rings (SSSR count). The molecule has 2 aromatic rings. The molecule has 2 fully saturated rings. The highest BCUT2D eigenvalue weighted by molar-refractivity contribution is 5.95. The predicted molar refractivity (Wildman–Crippen MR) is 141 cm³/mol. The Morgan fingerprint density at radius 1 is 1.13 bits per heavy atom. The van der Waals surface area contributed by atoms with Crippen molar-refractivity contribution in [2.45, 2.75) is 63.2 Å². The second kappa shape index (κ2) is 12.9. The number of aromatic nitrogens is 2. The van der Waals surface area contributed by atoms with Crippen molar-refractivity contribution in [3.63, 3.8) is 0 Å². The van der Waals surface area contributed by atoms with E-state index >= 15 is 0 Å². The maximum atomic E-state index is 13.8. The molecule has 1 aliphatic carbocycles. The standard InChI is InChI=1S/C27H37F3N6O3/c1-36-12-10-19(11-13-36)32-25(37)18-8-9-22(24(15-18)38-2)33-26-31-16-20(27(28,29)30)23(34-26)14-17-6-4-5-7-21(17)35-39-3/h8-9,15-17,19,21,35H,4-7,10-14H2,1-3H3,(H,32,37)(H,31,33,34)/t17-,21+/m0/s1. The molecule has 1 saturated carbocycles. The number of carbonyl (C=O) groups is 1. The number of hydrogen-bond acceptors (Lipinski definition) is 8. The smallest absolute Gasteiger partial charge is 0.419 e. The van der Waals surface area contributed by atoms with Crippen molar-refractivity contribution in [2.75, 3.05) is 39.7 Å². The molecule has 0 bridgehead atoms. The number of ether oxygens (including phenoxy) is 1. The van der Waals surface area contributed by atoms with E-state index in [4.69, 9.17) is 9.57 Å². The van der Waals surface area contributed by atoms with Crippen LogP contribution in [-0.2, 0) is 17.4 Å².